The van der Waals surface area contributed by atoms with E-state index in [1.165, 1.54) is 0 Å². The molecule has 1 aromatic heterocycles. The van der Waals surface area contributed by atoms with Crippen LogP contribution in [0.25, 0.3) is 0 Å². The number of piperidine rings is 1. The van der Waals surface area contributed by atoms with Crippen LogP contribution < -0.4 is 10.8 Å². The van der Waals surface area contributed by atoms with Gasteiger partial charge in [-0.3, -0.25) is 0 Å². The van der Waals surface area contributed by atoms with E-state index in [0.29, 0.717) is 5.95 Å². The van der Waals surface area contributed by atoms with Crippen LogP contribution in [-0.4, -0.2) is 53.0 Å². The average molecular weight is 304 g/mol. The molecule has 1 saturated heterocycles. The molecule has 1 fully saturated rings. The van der Waals surface area contributed by atoms with Crippen LogP contribution in [0, 0.1) is 0 Å². The normalized spacial score (nSPS) is 25.1. The number of nitrogens with one attached hydrogen (secondary N) is 1. The first-order chi connectivity index (χ1) is 10.4. The van der Waals surface area contributed by atoms with Gasteiger partial charge in [-0.2, -0.15) is 0 Å². The smallest absolute Gasteiger partial charge is 0.410 e. The Morgan fingerprint density at radius 2 is 1.86 bits per heavy atom. The maximum atomic E-state index is 12.2. The number of carbonyl (C=O) groups excluding carboxylic acids is 1. The minimum atomic E-state index is -0.222. The van der Waals surface area contributed by atoms with E-state index >= 15 is 0 Å². The van der Waals surface area contributed by atoms with Gasteiger partial charge in [-0.1, -0.05) is 5.46 Å². The molecule has 1 amide bonds. The van der Waals surface area contributed by atoms with Gasteiger partial charge in [-0.25, -0.2) is 14.8 Å². The zero-order chi connectivity index (χ0) is 16.3. The van der Waals surface area contributed by atoms with Gasteiger partial charge in [0.05, 0.1) is 6.10 Å². The number of hydrogen-bond donors (Lipinski definition) is 1. The Hall–Kier alpha value is -1.79. The Morgan fingerprint density at radius 1 is 1.32 bits per heavy atom. The maximum absolute atomic E-state index is 12.2. The van der Waals surface area contributed by atoms with Gasteiger partial charge in [-0.05, 0) is 40.5 Å². The van der Waals surface area contributed by atoms with E-state index in [4.69, 9.17) is 4.74 Å². The minimum Gasteiger partial charge on any atom is -0.447 e. The molecule has 0 aromatic carbocycles. The van der Waals surface area contributed by atoms with Crippen molar-refractivity contribution in [3.8, 4) is 0 Å². The van der Waals surface area contributed by atoms with Gasteiger partial charge in [0.1, 0.15) is 7.85 Å². The Balaban J connectivity index is 1.97. The summed E-state index contributed by atoms with van der Waals surface area (Å²) in [4.78, 5) is 22.6. The minimum absolute atomic E-state index is 0.0938. The highest BCUT2D eigenvalue weighted by Gasteiger charge is 2.35. The maximum Gasteiger partial charge on any atom is 0.410 e. The molecule has 1 aromatic rings. The van der Waals surface area contributed by atoms with Crippen LogP contribution in [-0.2, 0) is 4.74 Å². The SMILES string of the molecule is Bc1cnc(NC2C[C@@H](C)N(C(=O)OC(C)C)[C@H](C)C2)nc1. The molecular formula is C15H25BN4O2. The largest absolute Gasteiger partial charge is 0.447 e. The molecule has 0 aliphatic carbocycles. The molecule has 0 spiro atoms. The number of likely N-dealkylation sites (tertiary alicyclic amines) is 1. The topological polar surface area (TPSA) is 67.4 Å². The third-order valence-electron chi connectivity index (χ3n) is 3.86. The lowest BCUT2D eigenvalue weighted by atomic mass is 9.93. The number of amides is 1. The molecule has 2 atom stereocenters. The summed E-state index contributed by atoms with van der Waals surface area (Å²) in [6.45, 7) is 7.86. The zero-order valence-corrected chi connectivity index (χ0v) is 14.0. The summed E-state index contributed by atoms with van der Waals surface area (Å²) in [5.41, 5.74) is 1.04. The summed E-state index contributed by atoms with van der Waals surface area (Å²) < 4.78 is 5.34. The zero-order valence-electron chi connectivity index (χ0n) is 14.0. The van der Waals surface area contributed by atoms with Crippen LogP contribution in [0.3, 0.4) is 0 Å². The van der Waals surface area contributed by atoms with Crippen LogP contribution in [0.1, 0.15) is 40.5 Å². The quantitative estimate of drug-likeness (QED) is 0.842. The van der Waals surface area contributed by atoms with E-state index in [0.717, 1.165) is 18.3 Å². The molecule has 0 unspecified atom stereocenters. The second-order valence-corrected chi connectivity index (χ2v) is 6.43. The number of carbonyl (C=O) groups is 1. The Bertz CT molecular complexity index is 497. The van der Waals surface area contributed by atoms with Crippen molar-refractivity contribution >= 4 is 25.4 Å². The third kappa shape index (κ3) is 4.12. The Morgan fingerprint density at radius 3 is 2.36 bits per heavy atom. The number of aromatic nitrogens is 2. The van der Waals surface area contributed by atoms with Crippen LogP contribution in [0.15, 0.2) is 12.4 Å². The van der Waals surface area contributed by atoms with Gasteiger partial charge in [0.15, 0.2) is 0 Å². The average Bonchev–Trinajstić information content (AvgIpc) is 2.39. The van der Waals surface area contributed by atoms with E-state index in [1.807, 2.05) is 26.6 Å². The highest BCUT2D eigenvalue weighted by molar-refractivity contribution is 6.31. The van der Waals surface area contributed by atoms with Gasteiger partial charge >= 0.3 is 6.09 Å². The summed E-state index contributed by atoms with van der Waals surface area (Å²) >= 11 is 0. The van der Waals surface area contributed by atoms with Crippen molar-refractivity contribution in [2.75, 3.05) is 5.32 Å². The van der Waals surface area contributed by atoms with Gasteiger partial charge in [0.2, 0.25) is 5.95 Å². The third-order valence-corrected chi connectivity index (χ3v) is 3.86. The molecule has 2 rings (SSSR count). The Kier molecular flexibility index (Phi) is 5.26. The molecule has 120 valence electrons. The standard InChI is InChI=1S/C15H25BN4O2/c1-9(2)22-15(21)20-10(3)5-13(6-11(20)4)19-14-17-7-12(16)8-18-14/h7-11,13H,5-6,16H2,1-4H3,(H,17,18,19)/t10-,11-/m1/s1. The van der Waals surface area contributed by atoms with Crippen molar-refractivity contribution in [3.05, 3.63) is 12.4 Å². The fourth-order valence-corrected chi connectivity index (χ4v) is 2.97. The second kappa shape index (κ2) is 6.98. The molecule has 22 heavy (non-hydrogen) atoms. The summed E-state index contributed by atoms with van der Waals surface area (Å²) in [6, 6.07) is 0.506. The van der Waals surface area contributed by atoms with Gasteiger partial charge in [-0.15, -0.1) is 0 Å². The van der Waals surface area contributed by atoms with Crippen molar-refractivity contribution < 1.29 is 9.53 Å². The van der Waals surface area contributed by atoms with E-state index in [9.17, 15) is 4.79 Å². The lowest BCUT2D eigenvalue weighted by molar-refractivity contribution is 0.0357. The first-order valence-corrected chi connectivity index (χ1v) is 7.91. The van der Waals surface area contributed by atoms with Crippen LogP contribution >= 0.6 is 0 Å². The van der Waals surface area contributed by atoms with Gasteiger partial charge in [0, 0.05) is 30.5 Å². The molecule has 1 N–H and O–H groups in total. The van der Waals surface area contributed by atoms with E-state index < -0.39 is 0 Å². The molecule has 0 bridgehead atoms. The molecule has 2 heterocycles. The molecule has 6 nitrogen and oxygen atoms in total. The van der Waals surface area contributed by atoms with Gasteiger partial charge in [0.25, 0.3) is 0 Å². The number of ether oxygens (including phenoxy) is 1. The van der Waals surface area contributed by atoms with Crippen LogP contribution in [0.5, 0.6) is 0 Å². The number of nitrogens with zero attached hydrogens (tertiary/aromatic N) is 3. The summed E-state index contributed by atoms with van der Waals surface area (Å²) in [6.07, 6.45) is 5.00. The van der Waals surface area contributed by atoms with Crippen molar-refractivity contribution in [2.24, 2.45) is 0 Å². The predicted octanol–water partition coefficient (Wildman–Crippen LogP) is 0.933. The number of anilines is 1. The van der Waals surface area contributed by atoms with E-state index in [1.54, 1.807) is 12.4 Å². The van der Waals surface area contributed by atoms with Crippen LogP contribution in [0.4, 0.5) is 10.7 Å². The first kappa shape index (κ1) is 16.6. The fraction of sp³-hybridized carbons (Fsp3) is 0.667. The lowest BCUT2D eigenvalue weighted by Gasteiger charge is -2.42. The van der Waals surface area contributed by atoms with E-state index in [-0.39, 0.29) is 30.3 Å². The fourth-order valence-electron chi connectivity index (χ4n) is 2.97. The second-order valence-electron chi connectivity index (χ2n) is 6.43. The van der Waals surface area contributed by atoms with Crippen molar-refractivity contribution in [1.29, 1.82) is 0 Å². The highest BCUT2D eigenvalue weighted by Crippen LogP contribution is 2.25. The molecule has 0 saturated carbocycles. The number of hydrogen-bond acceptors (Lipinski definition) is 5. The molecule has 1 aliphatic rings. The molecule has 0 radical (unpaired) electrons. The first-order valence-electron chi connectivity index (χ1n) is 7.91. The summed E-state index contributed by atoms with van der Waals surface area (Å²) in [7, 11) is 1.97. The van der Waals surface area contributed by atoms with Crippen molar-refractivity contribution in [2.45, 2.75) is 64.8 Å². The number of rotatable bonds is 3. The molecule has 7 heteroatoms. The predicted molar refractivity (Wildman–Crippen MR) is 89.2 cm³/mol. The monoisotopic (exact) mass is 304 g/mol. The molecule has 1 aliphatic heterocycles. The highest BCUT2D eigenvalue weighted by atomic mass is 16.6. The Labute approximate surface area is 133 Å². The lowest BCUT2D eigenvalue weighted by Crippen LogP contribution is -2.53. The van der Waals surface area contributed by atoms with E-state index in [2.05, 4.69) is 29.1 Å². The van der Waals surface area contributed by atoms with Gasteiger partial charge < -0.3 is 15.0 Å². The van der Waals surface area contributed by atoms with Crippen molar-refractivity contribution in [3.63, 3.8) is 0 Å². The molecular weight excluding hydrogens is 279 g/mol. The van der Waals surface area contributed by atoms with Crippen LogP contribution in [0.2, 0.25) is 0 Å². The summed E-state index contributed by atoms with van der Waals surface area (Å²) in [5, 5.41) is 3.37. The van der Waals surface area contributed by atoms with Crippen molar-refractivity contribution in [1.82, 2.24) is 14.9 Å². The summed E-state index contributed by atoms with van der Waals surface area (Å²) in [5.74, 6) is 0.646.